The minimum Gasteiger partial charge on any atom is -0.481 e. The van der Waals surface area contributed by atoms with Crippen molar-refractivity contribution in [3.05, 3.63) is 15.9 Å². The summed E-state index contributed by atoms with van der Waals surface area (Å²) in [7, 11) is -3.08. The fraction of sp³-hybridized carbons (Fsp3) is 0.692. The van der Waals surface area contributed by atoms with E-state index in [0.717, 1.165) is 15.9 Å². The number of aryl methyl sites for hydroxylation is 2. The third-order valence-electron chi connectivity index (χ3n) is 4.02. The SMILES string of the molecule is CCn1nc(C)c(Br)c1CC(C(=O)O)C1CCS(=O)(=O)C1. The number of aromatic nitrogens is 2. The van der Waals surface area contributed by atoms with E-state index in [4.69, 9.17) is 0 Å². The first kappa shape index (κ1) is 16.5. The van der Waals surface area contributed by atoms with Crippen LogP contribution in [0.2, 0.25) is 0 Å². The monoisotopic (exact) mass is 378 g/mol. The first-order chi connectivity index (χ1) is 9.75. The molecular weight excluding hydrogens is 360 g/mol. The molecular formula is C13H19BrN2O4S. The van der Waals surface area contributed by atoms with Crippen molar-refractivity contribution >= 4 is 31.7 Å². The smallest absolute Gasteiger partial charge is 0.307 e. The summed E-state index contributed by atoms with van der Waals surface area (Å²) in [5.74, 6) is -1.89. The van der Waals surface area contributed by atoms with Crippen LogP contribution in [0.5, 0.6) is 0 Å². The fourth-order valence-electron chi connectivity index (χ4n) is 2.87. The van der Waals surface area contributed by atoms with Crippen molar-refractivity contribution in [2.24, 2.45) is 11.8 Å². The first-order valence-electron chi connectivity index (χ1n) is 6.90. The van der Waals surface area contributed by atoms with Gasteiger partial charge in [0, 0.05) is 13.0 Å². The van der Waals surface area contributed by atoms with Gasteiger partial charge in [-0.1, -0.05) is 0 Å². The third kappa shape index (κ3) is 3.48. The van der Waals surface area contributed by atoms with Gasteiger partial charge in [0.1, 0.15) is 0 Å². The van der Waals surface area contributed by atoms with Gasteiger partial charge >= 0.3 is 5.97 Å². The van der Waals surface area contributed by atoms with Crippen LogP contribution in [0.3, 0.4) is 0 Å². The molecule has 0 saturated carbocycles. The number of rotatable bonds is 5. The molecule has 0 bridgehead atoms. The molecule has 2 heterocycles. The first-order valence-corrected chi connectivity index (χ1v) is 9.51. The summed E-state index contributed by atoms with van der Waals surface area (Å²) in [5, 5.41) is 13.8. The van der Waals surface area contributed by atoms with E-state index in [0.29, 0.717) is 19.4 Å². The summed E-state index contributed by atoms with van der Waals surface area (Å²) in [6.45, 7) is 4.45. The van der Waals surface area contributed by atoms with Crippen LogP contribution in [0.1, 0.15) is 24.7 Å². The second-order valence-electron chi connectivity index (χ2n) is 5.47. The Labute approximate surface area is 132 Å². The van der Waals surface area contributed by atoms with Crippen molar-refractivity contribution in [1.29, 1.82) is 0 Å². The minimum atomic E-state index is -3.08. The van der Waals surface area contributed by atoms with E-state index < -0.39 is 21.7 Å². The normalized spacial score (nSPS) is 22.3. The molecule has 1 saturated heterocycles. The van der Waals surface area contributed by atoms with E-state index in [1.54, 1.807) is 4.68 Å². The maximum Gasteiger partial charge on any atom is 0.307 e. The quantitative estimate of drug-likeness (QED) is 0.841. The summed E-state index contributed by atoms with van der Waals surface area (Å²) in [6, 6.07) is 0. The van der Waals surface area contributed by atoms with Gasteiger partial charge in [-0.25, -0.2) is 8.42 Å². The zero-order valence-electron chi connectivity index (χ0n) is 12.0. The molecule has 1 aliphatic rings. The van der Waals surface area contributed by atoms with Crippen LogP contribution < -0.4 is 0 Å². The van der Waals surface area contributed by atoms with Crippen LogP contribution >= 0.6 is 15.9 Å². The molecule has 0 radical (unpaired) electrons. The molecule has 118 valence electrons. The molecule has 21 heavy (non-hydrogen) atoms. The Bertz CT molecular complexity index is 653. The van der Waals surface area contributed by atoms with E-state index >= 15 is 0 Å². The standard InChI is InChI=1S/C13H19BrN2O4S/c1-3-16-11(12(14)8(2)15-16)6-10(13(17)18)9-4-5-21(19,20)7-9/h9-10H,3-7H2,1-2H3,(H,17,18). The molecule has 2 unspecified atom stereocenters. The average Bonchev–Trinajstić information content (AvgIpc) is 2.88. The summed E-state index contributed by atoms with van der Waals surface area (Å²) in [5.41, 5.74) is 1.64. The number of carboxylic acids is 1. The molecule has 0 spiro atoms. The molecule has 0 aliphatic carbocycles. The zero-order valence-corrected chi connectivity index (χ0v) is 14.4. The van der Waals surface area contributed by atoms with Crippen molar-refractivity contribution < 1.29 is 18.3 Å². The molecule has 0 aromatic carbocycles. The predicted octanol–water partition coefficient (Wildman–Crippen LogP) is 1.65. The number of nitrogens with zero attached hydrogens (tertiary/aromatic N) is 2. The second kappa shape index (κ2) is 6.08. The molecule has 2 atom stereocenters. The van der Waals surface area contributed by atoms with E-state index in [1.807, 2.05) is 13.8 Å². The lowest BCUT2D eigenvalue weighted by atomic mass is 9.88. The van der Waals surface area contributed by atoms with Gasteiger partial charge in [0.2, 0.25) is 0 Å². The van der Waals surface area contributed by atoms with Crippen molar-refractivity contribution in [2.45, 2.75) is 33.2 Å². The van der Waals surface area contributed by atoms with E-state index in [2.05, 4.69) is 21.0 Å². The Morgan fingerprint density at radius 3 is 2.71 bits per heavy atom. The topological polar surface area (TPSA) is 89.3 Å². The lowest BCUT2D eigenvalue weighted by Gasteiger charge is -2.19. The molecule has 6 nitrogen and oxygen atoms in total. The molecule has 8 heteroatoms. The highest BCUT2D eigenvalue weighted by molar-refractivity contribution is 9.10. The zero-order chi connectivity index (χ0) is 15.8. The highest BCUT2D eigenvalue weighted by Crippen LogP contribution is 2.31. The fourth-order valence-corrected chi connectivity index (χ4v) is 5.19. The third-order valence-corrected chi connectivity index (χ3v) is 6.85. The predicted molar refractivity (Wildman–Crippen MR) is 81.9 cm³/mol. The van der Waals surface area contributed by atoms with Crippen molar-refractivity contribution in [3.8, 4) is 0 Å². The number of carbonyl (C=O) groups is 1. The number of sulfone groups is 1. The Kier molecular flexibility index (Phi) is 4.77. The lowest BCUT2D eigenvalue weighted by molar-refractivity contribution is -0.143. The van der Waals surface area contributed by atoms with E-state index in [1.165, 1.54) is 0 Å². The Morgan fingerprint density at radius 2 is 2.24 bits per heavy atom. The summed E-state index contributed by atoms with van der Waals surface area (Å²) >= 11 is 3.46. The highest BCUT2D eigenvalue weighted by atomic mass is 79.9. The molecule has 1 fully saturated rings. The summed E-state index contributed by atoms with van der Waals surface area (Å²) in [4.78, 5) is 11.6. The van der Waals surface area contributed by atoms with Crippen LogP contribution in [0.4, 0.5) is 0 Å². The number of hydrogen-bond donors (Lipinski definition) is 1. The number of carboxylic acid groups (broad SMARTS) is 1. The van der Waals surface area contributed by atoms with Gasteiger partial charge in [0.05, 0.1) is 33.3 Å². The maximum absolute atomic E-state index is 11.6. The van der Waals surface area contributed by atoms with Crippen LogP contribution in [0, 0.1) is 18.8 Å². The molecule has 1 aromatic heterocycles. The molecule has 2 rings (SSSR count). The average molecular weight is 379 g/mol. The van der Waals surface area contributed by atoms with Crippen molar-refractivity contribution in [3.63, 3.8) is 0 Å². The number of aliphatic carboxylic acids is 1. The minimum absolute atomic E-state index is 0.0270. The van der Waals surface area contributed by atoms with Gasteiger partial charge < -0.3 is 5.11 Å². The highest BCUT2D eigenvalue weighted by Gasteiger charge is 2.38. The van der Waals surface area contributed by atoms with Crippen LogP contribution in [0.25, 0.3) is 0 Å². The number of halogens is 1. The van der Waals surface area contributed by atoms with Gasteiger partial charge in [0.25, 0.3) is 0 Å². The van der Waals surface area contributed by atoms with Crippen LogP contribution in [-0.4, -0.2) is 40.8 Å². The molecule has 0 amide bonds. The van der Waals surface area contributed by atoms with Crippen molar-refractivity contribution in [2.75, 3.05) is 11.5 Å². The van der Waals surface area contributed by atoms with Gasteiger partial charge in [-0.3, -0.25) is 9.48 Å². The van der Waals surface area contributed by atoms with Gasteiger partial charge in [-0.05, 0) is 42.1 Å². The van der Waals surface area contributed by atoms with Gasteiger partial charge in [-0.15, -0.1) is 0 Å². The maximum atomic E-state index is 11.6. The molecule has 1 aromatic rings. The van der Waals surface area contributed by atoms with Crippen molar-refractivity contribution in [1.82, 2.24) is 9.78 Å². The van der Waals surface area contributed by atoms with Crippen LogP contribution in [0.15, 0.2) is 4.47 Å². The largest absolute Gasteiger partial charge is 0.481 e. The van der Waals surface area contributed by atoms with Crippen LogP contribution in [-0.2, 0) is 27.6 Å². The molecule has 1 aliphatic heterocycles. The van der Waals surface area contributed by atoms with E-state index in [-0.39, 0.29) is 17.4 Å². The summed E-state index contributed by atoms with van der Waals surface area (Å²) < 4.78 is 25.8. The van der Waals surface area contributed by atoms with Gasteiger partial charge in [0.15, 0.2) is 9.84 Å². The van der Waals surface area contributed by atoms with E-state index in [9.17, 15) is 18.3 Å². The second-order valence-corrected chi connectivity index (χ2v) is 8.50. The van der Waals surface area contributed by atoms with Gasteiger partial charge in [-0.2, -0.15) is 5.10 Å². The molecule has 1 N–H and O–H groups in total. The Morgan fingerprint density at radius 1 is 1.57 bits per heavy atom. The number of hydrogen-bond acceptors (Lipinski definition) is 4. The Hall–Kier alpha value is -0.890. The summed E-state index contributed by atoms with van der Waals surface area (Å²) in [6.07, 6.45) is 0.723. The Balaban J connectivity index is 2.28. The lowest BCUT2D eigenvalue weighted by Crippen LogP contribution is -2.28.